The second-order valence-corrected chi connectivity index (χ2v) is 3.24. The highest BCUT2D eigenvalue weighted by atomic mass is 15.3. The minimum Gasteiger partial charge on any atom is -0.330 e. The van der Waals surface area contributed by atoms with E-state index in [1.54, 1.807) is 0 Å². The highest BCUT2D eigenvalue weighted by Crippen LogP contribution is 1.74. The molecule has 86 valence electrons. The van der Waals surface area contributed by atoms with Gasteiger partial charge in [0.05, 0.1) is 0 Å². The summed E-state index contributed by atoms with van der Waals surface area (Å²) < 4.78 is 0. The van der Waals surface area contributed by atoms with Crippen molar-refractivity contribution in [3.8, 4) is 0 Å². The molecule has 0 spiro atoms. The van der Waals surface area contributed by atoms with Crippen molar-refractivity contribution in [1.82, 2.24) is 16.2 Å². The molecule has 5 nitrogen and oxygen atoms in total. The van der Waals surface area contributed by atoms with Crippen LogP contribution in [0.5, 0.6) is 0 Å². The Balaban J connectivity index is 2.78. The number of hydrazine groups is 1. The molecular weight excluding hydrogens is 178 g/mol. The molecule has 0 bridgehead atoms. The first kappa shape index (κ1) is 13.8. The van der Waals surface area contributed by atoms with Crippen LogP contribution in [0.15, 0.2) is 0 Å². The largest absolute Gasteiger partial charge is 0.330 e. The first-order chi connectivity index (χ1) is 6.91. The third-order valence-electron chi connectivity index (χ3n) is 1.84. The molecule has 0 unspecified atom stereocenters. The standard InChI is InChI=1S/C9H25N5/c10-4-1-6-12-7-3-9-14-13-8-2-5-11/h12-14H,1-11H2. The second kappa shape index (κ2) is 12.8. The number of hydrogen-bond acceptors (Lipinski definition) is 5. The van der Waals surface area contributed by atoms with E-state index in [-0.39, 0.29) is 0 Å². The van der Waals surface area contributed by atoms with Gasteiger partial charge < -0.3 is 16.8 Å². The minimum absolute atomic E-state index is 0.745. The normalized spacial score (nSPS) is 10.7. The van der Waals surface area contributed by atoms with E-state index >= 15 is 0 Å². The number of nitrogens with one attached hydrogen (secondary N) is 3. The zero-order valence-corrected chi connectivity index (χ0v) is 9.02. The fourth-order valence-electron chi connectivity index (χ4n) is 1.02. The number of nitrogens with two attached hydrogens (primary N) is 2. The van der Waals surface area contributed by atoms with Crippen LogP contribution in [0.1, 0.15) is 19.3 Å². The van der Waals surface area contributed by atoms with Gasteiger partial charge in [-0.1, -0.05) is 0 Å². The number of hydrogen-bond donors (Lipinski definition) is 5. The van der Waals surface area contributed by atoms with E-state index in [0.29, 0.717) is 0 Å². The van der Waals surface area contributed by atoms with Gasteiger partial charge in [0.1, 0.15) is 0 Å². The molecule has 0 atom stereocenters. The summed E-state index contributed by atoms with van der Waals surface area (Å²) in [4.78, 5) is 0. The van der Waals surface area contributed by atoms with Gasteiger partial charge >= 0.3 is 0 Å². The molecule has 0 amide bonds. The van der Waals surface area contributed by atoms with Gasteiger partial charge in [-0.05, 0) is 45.4 Å². The lowest BCUT2D eigenvalue weighted by atomic mass is 10.4. The Morgan fingerprint density at radius 2 is 1.14 bits per heavy atom. The molecular formula is C9H25N5. The lowest BCUT2D eigenvalue weighted by Gasteiger charge is -2.06. The van der Waals surface area contributed by atoms with E-state index in [4.69, 9.17) is 11.5 Å². The third-order valence-corrected chi connectivity index (χ3v) is 1.84. The van der Waals surface area contributed by atoms with Crippen LogP contribution in [0.4, 0.5) is 0 Å². The topological polar surface area (TPSA) is 88.1 Å². The molecule has 0 aliphatic heterocycles. The van der Waals surface area contributed by atoms with E-state index in [0.717, 1.165) is 58.5 Å². The Labute approximate surface area is 87.0 Å². The van der Waals surface area contributed by atoms with Gasteiger partial charge in [-0.15, -0.1) is 0 Å². The van der Waals surface area contributed by atoms with Gasteiger partial charge in [0.25, 0.3) is 0 Å². The summed E-state index contributed by atoms with van der Waals surface area (Å²) in [6.45, 7) is 5.52. The fourth-order valence-corrected chi connectivity index (χ4v) is 1.02. The smallest absolute Gasteiger partial charge is 0.0112 e. The summed E-state index contributed by atoms with van der Waals surface area (Å²) in [6, 6.07) is 0. The molecule has 0 heterocycles. The Morgan fingerprint density at radius 1 is 0.643 bits per heavy atom. The molecule has 0 fully saturated rings. The molecule has 7 N–H and O–H groups in total. The molecule has 14 heavy (non-hydrogen) atoms. The van der Waals surface area contributed by atoms with Crippen LogP contribution in [0.2, 0.25) is 0 Å². The van der Waals surface area contributed by atoms with E-state index < -0.39 is 0 Å². The quantitative estimate of drug-likeness (QED) is 0.214. The van der Waals surface area contributed by atoms with E-state index in [1.165, 1.54) is 0 Å². The predicted octanol–water partition coefficient (Wildman–Crippen LogP) is -1.24. The Bertz CT molecular complexity index is 87.2. The fraction of sp³-hybridized carbons (Fsp3) is 1.00. The van der Waals surface area contributed by atoms with Crippen molar-refractivity contribution in [3.63, 3.8) is 0 Å². The summed E-state index contributed by atoms with van der Waals surface area (Å²) in [7, 11) is 0. The zero-order valence-electron chi connectivity index (χ0n) is 9.02. The van der Waals surface area contributed by atoms with Crippen molar-refractivity contribution in [2.75, 3.05) is 39.3 Å². The van der Waals surface area contributed by atoms with Gasteiger partial charge in [0.15, 0.2) is 0 Å². The van der Waals surface area contributed by atoms with E-state index in [2.05, 4.69) is 16.2 Å². The van der Waals surface area contributed by atoms with Crippen molar-refractivity contribution in [3.05, 3.63) is 0 Å². The molecule has 0 rings (SSSR count). The summed E-state index contributed by atoms with van der Waals surface area (Å²) in [5, 5.41) is 3.32. The highest BCUT2D eigenvalue weighted by molar-refractivity contribution is 4.50. The maximum Gasteiger partial charge on any atom is 0.0112 e. The average Bonchev–Trinajstić information content (AvgIpc) is 2.21. The van der Waals surface area contributed by atoms with Crippen molar-refractivity contribution >= 4 is 0 Å². The lowest BCUT2D eigenvalue weighted by Crippen LogP contribution is -2.35. The summed E-state index contributed by atoms with van der Waals surface area (Å²) in [5.74, 6) is 0. The number of rotatable bonds is 11. The van der Waals surface area contributed by atoms with Crippen LogP contribution in [0.3, 0.4) is 0 Å². The predicted molar refractivity (Wildman–Crippen MR) is 60.8 cm³/mol. The van der Waals surface area contributed by atoms with Crippen LogP contribution in [-0.4, -0.2) is 39.3 Å². The molecule has 0 saturated heterocycles. The van der Waals surface area contributed by atoms with E-state index in [9.17, 15) is 0 Å². The van der Waals surface area contributed by atoms with Crippen molar-refractivity contribution < 1.29 is 0 Å². The van der Waals surface area contributed by atoms with Crippen LogP contribution >= 0.6 is 0 Å². The van der Waals surface area contributed by atoms with Gasteiger partial charge in [-0.3, -0.25) is 10.9 Å². The second-order valence-electron chi connectivity index (χ2n) is 3.24. The average molecular weight is 203 g/mol. The Kier molecular flexibility index (Phi) is 12.6. The maximum atomic E-state index is 5.36. The van der Waals surface area contributed by atoms with Gasteiger partial charge in [-0.2, -0.15) is 0 Å². The zero-order chi connectivity index (χ0) is 10.5. The molecule has 0 radical (unpaired) electrons. The molecule has 0 saturated carbocycles. The molecule has 0 aliphatic rings. The third kappa shape index (κ3) is 11.8. The van der Waals surface area contributed by atoms with Gasteiger partial charge in [0.2, 0.25) is 0 Å². The van der Waals surface area contributed by atoms with Crippen LogP contribution in [0.25, 0.3) is 0 Å². The summed E-state index contributed by atoms with van der Waals surface area (Å²) >= 11 is 0. The molecule has 0 aromatic carbocycles. The monoisotopic (exact) mass is 203 g/mol. The van der Waals surface area contributed by atoms with Crippen molar-refractivity contribution in [2.24, 2.45) is 11.5 Å². The SMILES string of the molecule is NCCCNCCCNNCCCN. The van der Waals surface area contributed by atoms with Crippen molar-refractivity contribution in [1.29, 1.82) is 0 Å². The van der Waals surface area contributed by atoms with Crippen LogP contribution < -0.4 is 27.6 Å². The highest BCUT2D eigenvalue weighted by Gasteiger charge is 1.88. The first-order valence-corrected chi connectivity index (χ1v) is 5.48. The Morgan fingerprint density at radius 3 is 1.79 bits per heavy atom. The van der Waals surface area contributed by atoms with Crippen LogP contribution in [0, 0.1) is 0 Å². The molecule has 0 aromatic heterocycles. The van der Waals surface area contributed by atoms with E-state index in [1.807, 2.05) is 0 Å². The molecule has 0 aromatic rings. The maximum absolute atomic E-state index is 5.36. The molecule has 0 aliphatic carbocycles. The summed E-state index contributed by atoms with van der Waals surface area (Å²) in [6.07, 6.45) is 3.20. The van der Waals surface area contributed by atoms with Gasteiger partial charge in [-0.25, -0.2) is 0 Å². The van der Waals surface area contributed by atoms with Crippen molar-refractivity contribution in [2.45, 2.75) is 19.3 Å². The Hall–Kier alpha value is -0.200. The summed E-state index contributed by atoms with van der Waals surface area (Å²) in [5.41, 5.74) is 17.0. The lowest BCUT2D eigenvalue weighted by molar-refractivity contribution is 0.501. The molecule has 5 heteroatoms. The minimum atomic E-state index is 0.745. The first-order valence-electron chi connectivity index (χ1n) is 5.48. The van der Waals surface area contributed by atoms with Gasteiger partial charge in [0, 0.05) is 13.1 Å². The van der Waals surface area contributed by atoms with Crippen LogP contribution in [-0.2, 0) is 0 Å².